The molecular formula is C52H96O6. The third-order valence-corrected chi connectivity index (χ3v) is 11.2. The predicted molar refractivity (Wildman–Crippen MR) is 247 cm³/mol. The van der Waals surface area contributed by atoms with Crippen LogP contribution in [0.4, 0.5) is 0 Å². The lowest BCUT2D eigenvalue weighted by molar-refractivity contribution is -0.167. The van der Waals surface area contributed by atoms with Crippen molar-refractivity contribution < 1.29 is 28.6 Å². The summed E-state index contributed by atoms with van der Waals surface area (Å²) in [4.78, 5) is 37.8. The van der Waals surface area contributed by atoms with Crippen molar-refractivity contribution in [3.05, 3.63) is 24.3 Å². The Morgan fingerprint density at radius 2 is 0.621 bits per heavy atom. The molecule has 0 saturated carbocycles. The van der Waals surface area contributed by atoms with E-state index in [1.165, 1.54) is 161 Å². The molecule has 0 rings (SSSR count). The van der Waals surface area contributed by atoms with E-state index in [9.17, 15) is 14.4 Å². The maximum Gasteiger partial charge on any atom is 0.306 e. The number of carbonyl (C=O) groups excluding carboxylic acids is 3. The first-order valence-corrected chi connectivity index (χ1v) is 25.3. The van der Waals surface area contributed by atoms with Gasteiger partial charge in [0.2, 0.25) is 0 Å². The highest BCUT2D eigenvalue weighted by Gasteiger charge is 2.19. The summed E-state index contributed by atoms with van der Waals surface area (Å²) in [5, 5.41) is 0. The van der Waals surface area contributed by atoms with E-state index in [1.54, 1.807) is 0 Å². The third kappa shape index (κ3) is 45.0. The summed E-state index contributed by atoms with van der Waals surface area (Å²) < 4.78 is 16.7. The van der Waals surface area contributed by atoms with Gasteiger partial charge in [-0.1, -0.05) is 225 Å². The van der Waals surface area contributed by atoms with Gasteiger partial charge in [-0.25, -0.2) is 0 Å². The summed E-state index contributed by atoms with van der Waals surface area (Å²) in [6, 6.07) is 0. The van der Waals surface area contributed by atoms with Crippen LogP contribution in [-0.4, -0.2) is 37.2 Å². The Morgan fingerprint density at radius 3 is 0.983 bits per heavy atom. The number of hydrogen-bond donors (Lipinski definition) is 0. The maximum absolute atomic E-state index is 12.7. The highest BCUT2D eigenvalue weighted by molar-refractivity contribution is 5.71. The summed E-state index contributed by atoms with van der Waals surface area (Å²) in [5.41, 5.74) is 0. The normalized spacial score (nSPS) is 12.1. The van der Waals surface area contributed by atoms with E-state index in [4.69, 9.17) is 14.2 Å². The van der Waals surface area contributed by atoms with E-state index in [0.717, 1.165) is 70.6 Å². The van der Waals surface area contributed by atoms with Crippen molar-refractivity contribution in [2.24, 2.45) is 0 Å². The number of allylic oxidation sites excluding steroid dienone is 4. The summed E-state index contributed by atoms with van der Waals surface area (Å²) in [5.74, 6) is -0.872. The number of carbonyl (C=O) groups is 3. The summed E-state index contributed by atoms with van der Waals surface area (Å²) in [6.45, 7) is 6.59. The van der Waals surface area contributed by atoms with Crippen molar-refractivity contribution in [2.45, 2.75) is 277 Å². The highest BCUT2D eigenvalue weighted by Crippen LogP contribution is 2.16. The van der Waals surface area contributed by atoms with E-state index >= 15 is 0 Å². The molecule has 0 heterocycles. The fourth-order valence-corrected chi connectivity index (χ4v) is 7.36. The van der Waals surface area contributed by atoms with E-state index in [2.05, 4.69) is 45.1 Å². The van der Waals surface area contributed by atoms with Crippen molar-refractivity contribution in [1.82, 2.24) is 0 Å². The van der Waals surface area contributed by atoms with Crippen LogP contribution in [0.1, 0.15) is 271 Å². The van der Waals surface area contributed by atoms with Gasteiger partial charge in [-0.2, -0.15) is 0 Å². The maximum atomic E-state index is 12.7. The topological polar surface area (TPSA) is 78.9 Å². The second-order valence-corrected chi connectivity index (χ2v) is 17.1. The molecule has 0 aliphatic rings. The first-order valence-electron chi connectivity index (χ1n) is 25.3. The van der Waals surface area contributed by atoms with Gasteiger partial charge in [-0.3, -0.25) is 14.4 Å². The van der Waals surface area contributed by atoms with Gasteiger partial charge < -0.3 is 14.2 Å². The van der Waals surface area contributed by atoms with Crippen LogP contribution in [0.5, 0.6) is 0 Å². The van der Waals surface area contributed by atoms with Crippen molar-refractivity contribution in [2.75, 3.05) is 13.2 Å². The van der Waals surface area contributed by atoms with E-state index in [0.29, 0.717) is 19.3 Å². The molecule has 0 aliphatic carbocycles. The van der Waals surface area contributed by atoms with Gasteiger partial charge in [-0.15, -0.1) is 0 Å². The fourth-order valence-electron chi connectivity index (χ4n) is 7.36. The van der Waals surface area contributed by atoms with Crippen LogP contribution >= 0.6 is 0 Å². The second-order valence-electron chi connectivity index (χ2n) is 17.1. The molecule has 0 aromatic carbocycles. The summed E-state index contributed by atoms with van der Waals surface area (Å²) in [6.07, 6.45) is 53.1. The molecule has 0 amide bonds. The van der Waals surface area contributed by atoms with Gasteiger partial charge in [0, 0.05) is 19.3 Å². The molecule has 0 bridgehead atoms. The summed E-state index contributed by atoms with van der Waals surface area (Å²) >= 11 is 0. The number of rotatable bonds is 46. The molecule has 6 nitrogen and oxygen atoms in total. The van der Waals surface area contributed by atoms with Crippen LogP contribution < -0.4 is 0 Å². The SMILES string of the molecule is CCCCC/C=C\C/C=C\CCCCCCCCCC(=O)OCC(COC(=O)CCCCCCCCC)OC(=O)CCCCCCCCCCCCCCCCCC. The van der Waals surface area contributed by atoms with Gasteiger partial charge in [0.15, 0.2) is 6.10 Å². The minimum Gasteiger partial charge on any atom is -0.462 e. The Kier molecular flexibility index (Phi) is 45.8. The molecule has 0 aromatic heterocycles. The minimum atomic E-state index is -0.766. The molecule has 0 radical (unpaired) electrons. The average molecular weight is 817 g/mol. The Hall–Kier alpha value is -2.11. The van der Waals surface area contributed by atoms with Crippen LogP contribution in [0.3, 0.4) is 0 Å². The molecule has 0 fully saturated rings. The number of hydrogen-bond acceptors (Lipinski definition) is 6. The molecular weight excluding hydrogens is 721 g/mol. The zero-order valence-electron chi connectivity index (χ0n) is 38.8. The number of ether oxygens (including phenoxy) is 3. The molecule has 0 saturated heterocycles. The lowest BCUT2D eigenvalue weighted by Crippen LogP contribution is -2.30. The van der Waals surface area contributed by atoms with Gasteiger partial charge in [0.1, 0.15) is 13.2 Å². The highest BCUT2D eigenvalue weighted by atomic mass is 16.6. The Labute approximate surface area is 360 Å². The third-order valence-electron chi connectivity index (χ3n) is 11.2. The molecule has 1 unspecified atom stereocenters. The molecule has 0 N–H and O–H groups in total. The van der Waals surface area contributed by atoms with E-state index < -0.39 is 6.10 Å². The largest absolute Gasteiger partial charge is 0.462 e. The predicted octanol–water partition coefficient (Wildman–Crippen LogP) is 16.4. The van der Waals surface area contributed by atoms with Crippen LogP contribution in [-0.2, 0) is 28.6 Å². The quantitative estimate of drug-likeness (QED) is 0.0263. The lowest BCUT2D eigenvalue weighted by atomic mass is 10.0. The first kappa shape index (κ1) is 55.9. The molecule has 0 aliphatic heterocycles. The Balaban J connectivity index is 4.24. The molecule has 0 aromatic rings. The Bertz CT molecular complexity index is 942. The minimum absolute atomic E-state index is 0.0702. The molecule has 58 heavy (non-hydrogen) atoms. The van der Waals surface area contributed by atoms with Crippen LogP contribution in [0.25, 0.3) is 0 Å². The monoisotopic (exact) mass is 817 g/mol. The molecule has 1 atom stereocenters. The fraction of sp³-hybridized carbons (Fsp3) is 0.865. The van der Waals surface area contributed by atoms with Crippen molar-refractivity contribution in [3.8, 4) is 0 Å². The Morgan fingerprint density at radius 1 is 0.345 bits per heavy atom. The van der Waals surface area contributed by atoms with E-state index in [1.807, 2.05) is 0 Å². The van der Waals surface area contributed by atoms with E-state index in [-0.39, 0.29) is 31.1 Å². The first-order chi connectivity index (χ1) is 28.5. The van der Waals surface area contributed by atoms with Gasteiger partial charge >= 0.3 is 17.9 Å². The molecule has 0 spiro atoms. The van der Waals surface area contributed by atoms with Crippen molar-refractivity contribution in [3.63, 3.8) is 0 Å². The van der Waals surface area contributed by atoms with Crippen LogP contribution in [0.2, 0.25) is 0 Å². The molecule has 6 heteroatoms. The van der Waals surface area contributed by atoms with Crippen LogP contribution in [0.15, 0.2) is 24.3 Å². The lowest BCUT2D eigenvalue weighted by Gasteiger charge is -2.18. The standard InChI is InChI=1S/C52H96O6/c1-4-7-10-13-16-18-20-22-24-26-28-29-31-33-36-39-42-45-51(54)57-48-49(47-56-50(53)44-41-38-35-15-12-9-6-3)58-52(55)46-43-40-37-34-32-30-27-25-23-21-19-17-14-11-8-5-2/h16,18,22,24,49H,4-15,17,19-21,23,25-48H2,1-3H3/b18-16-,24-22-. The van der Waals surface area contributed by atoms with Gasteiger partial charge in [0.25, 0.3) is 0 Å². The van der Waals surface area contributed by atoms with Crippen molar-refractivity contribution >= 4 is 17.9 Å². The molecule has 340 valence electrons. The zero-order chi connectivity index (χ0) is 42.3. The summed E-state index contributed by atoms with van der Waals surface area (Å²) in [7, 11) is 0. The average Bonchev–Trinajstić information content (AvgIpc) is 3.22. The van der Waals surface area contributed by atoms with Crippen molar-refractivity contribution in [1.29, 1.82) is 0 Å². The smallest absolute Gasteiger partial charge is 0.306 e. The second kappa shape index (κ2) is 47.6. The van der Waals surface area contributed by atoms with Gasteiger partial charge in [0.05, 0.1) is 0 Å². The number of unbranched alkanes of at least 4 members (excludes halogenated alkanes) is 31. The number of esters is 3. The van der Waals surface area contributed by atoms with Gasteiger partial charge in [-0.05, 0) is 51.4 Å². The van der Waals surface area contributed by atoms with Crippen LogP contribution in [0, 0.1) is 0 Å². The zero-order valence-corrected chi connectivity index (χ0v) is 38.8.